The molecule has 2 aliphatic rings. The first-order chi connectivity index (χ1) is 8.49. The van der Waals surface area contributed by atoms with Gasteiger partial charge in [-0.1, -0.05) is 6.92 Å². The van der Waals surface area contributed by atoms with Gasteiger partial charge in [0.2, 0.25) is 11.8 Å². The number of amides is 2. The first kappa shape index (κ1) is 12.9. The molecule has 0 spiro atoms. The molecular formula is C12H18N2O4. The van der Waals surface area contributed by atoms with E-state index in [0.717, 1.165) is 0 Å². The zero-order valence-corrected chi connectivity index (χ0v) is 10.4. The van der Waals surface area contributed by atoms with Crippen LogP contribution in [0.4, 0.5) is 0 Å². The Morgan fingerprint density at radius 2 is 2.11 bits per heavy atom. The minimum Gasteiger partial charge on any atom is -0.481 e. The fraction of sp³-hybridized carbons (Fsp3) is 0.750. The lowest BCUT2D eigenvalue weighted by Crippen LogP contribution is -2.44. The largest absolute Gasteiger partial charge is 0.481 e. The minimum absolute atomic E-state index is 0.00960. The SMILES string of the molecule is CC1CN(C(=O)C2CCC(=O)NC2)CC1C(=O)O. The lowest BCUT2D eigenvalue weighted by atomic mass is 9.98. The van der Waals surface area contributed by atoms with Gasteiger partial charge in [0.25, 0.3) is 0 Å². The van der Waals surface area contributed by atoms with Crippen molar-refractivity contribution in [1.82, 2.24) is 10.2 Å². The van der Waals surface area contributed by atoms with Crippen LogP contribution >= 0.6 is 0 Å². The number of carboxylic acids is 1. The number of nitrogens with zero attached hydrogens (tertiary/aromatic N) is 1. The summed E-state index contributed by atoms with van der Waals surface area (Å²) in [5.41, 5.74) is 0. The summed E-state index contributed by atoms with van der Waals surface area (Å²) in [7, 11) is 0. The van der Waals surface area contributed by atoms with Gasteiger partial charge < -0.3 is 15.3 Å². The van der Waals surface area contributed by atoms with Crippen molar-refractivity contribution in [2.45, 2.75) is 19.8 Å². The number of carboxylic acid groups (broad SMARTS) is 1. The number of carbonyl (C=O) groups is 3. The van der Waals surface area contributed by atoms with Gasteiger partial charge >= 0.3 is 5.97 Å². The molecule has 2 amide bonds. The molecule has 0 saturated carbocycles. The van der Waals surface area contributed by atoms with Crippen LogP contribution in [-0.4, -0.2) is 47.4 Å². The van der Waals surface area contributed by atoms with Crippen LogP contribution in [-0.2, 0) is 14.4 Å². The third kappa shape index (κ3) is 2.47. The number of piperidine rings is 1. The Morgan fingerprint density at radius 3 is 2.61 bits per heavy atom. The van der Waals surface area contributed by atoms with Gasteiger partial charge in [-0.15, -0.1) is 0 Å². The molecule has 3 unspecified atom stereocenters. The zero-order valence-electron chi connectivity index (χ0n) is 10.4. The van der Waals surface area contributed by atoms with E-state index >= 15 is 0 Å². The Bertz CT molecular complexity index is 372. The van der Waals surface area contributed by atoms with Crippen LogP contribution in [0.5, 0.6) is 0 Å². The maximum absolute atomic E-state index is 12.2. The molecule has 0 aromatic heterocycles. The van der Waals surface area contributed by atoms with Gasteiger partial charge in [0.15, 0.2) is 0 Å². The first-order valence-electron chi connectivity index (χ1n) is 6.27. The smallest absolute Gasteiger partial charge is 0.308 e. The molecule has 18 heavy (non-hydrogen) atoms. The van der Waals surface area contributed by atoms with Crippen molar-refractivity contribution >= 4 is 17.8 Å². The molecule has 0 radical (unpaired) electrons. The number of hydrogen-bond acceptors (Lipinski definition) is 3. The van der Waals surface area contributed by atoms with Crippen LogP contribution < -0.4 is 5.32 Å². The van der Waals surface area contributed by atoms with E-state index in [1.807, 2.05) is 6.92 Å². The molecule has 2 rings (SSSR count). The van der Waals surface area contributed by atoms with E-state index in [-0.39, 0.29) is 23.7 Å². The highest BCUT2D eigenvalue weighted by atomic mass is 16.4. The lowest BCUT2D eigenvalue weighted by Gasteiger charge is -2.26. The second-order valence-corrected chi connectivity index (χ2v) is 5.20. The summed E-state index contributed by atoms with van der Waals surface area (Å²) in [4.78, 5) is 35.9. The number of rotatable bonds is 2. The standard InChI is InChI=1S/C12H18N2O4/c1-7-5-14(6-9(7)12(17)18)11(16)8-2-3-10(15)13-4-8/h7-9H,2-6H2,1H3,(H,13,15)(H,17,18). The van der Waals surface area contributed by atoms with Crippen molar-refractivity contribution in [2.24, 2.45) is 17.8 Å². The van der Waals surface area contributed by atoms with E-state index < -0.39 is 11.9 Å². The third-order valence-electron chi connectivity index (χ3n) is 3.86. The maximum Gasteiger partial charge on any atom is 0.308 e. The Kier molecular flexibility index (Phi) is 3.54. The number of nitrogens with one attached hydrogen (secondary N) is 1. The van der Waals surface area contributed by atoms with Gasteiger partial charge in [-0.05, 0) is 12.3 Å². The summed E-state index contributed by atoms with van der Waals surface area (Å²) in [5, 5.41) is 11.7. The van der Waals surface area contributed by atoms with Crippen LogP contribution in [0.2, 0.25) is 0 Å². The average molecular weight is 254 g/mol. The van der Waals surface area contributed by atoms with Crippen LogP contribution in [0.1, 0.15) is 19.8 Å². The Labute approximate surface area is 105 Å². The predicted molar refractivity (Wildman–Crippen MR) is 62.6 cm³/mol. The molecule has 2 aliphatic heterocycles. The highest BCUT2D eigenvalue weighted by Crippen LogP contribution is 2.26. The van der Waals surface area contributed by atoms with Crippen LogP contribution in [0.25, 0.3) is 0 Å². The number of carbonyl (C=O) groups excluding carboxylic acids is 2. The maximum atomic E-state index is 12.2. The Hall–Kier alpha value is -1.59. The fourth-order valence-electron chi connectivity index (χ4n) is 2.67. The molecule has 6 heteroatoms. The van der Waals surface area contributed by atoms with Crippen LogP contribution in [0.15, 0.2) is 0 Å². The second-order valence-electron chi connectivity index (χ2n) is 5.20. The molecular weight excluding hydrogens is 236 g/mol. The lowest BCUT2D eigenvalue weighted by molar-refractivity contribution is -0.142. The highest BCUT2D eigenvalue weighted by molar-refractivity contribution is 5.84. The molecule has 100 valence electrons. The van der Waals surface area contributed by atoms with Gasteiger partial charge in [0, 0.05) is 26.1 Å². The summed E-state index contributed by atoms with van der Waals surface area (Å²) < 4.78 is 0. The molecule has 3 atom stereocenters. The molecule has 2 heterocycles. The van der Waals surface area contributed by atoms with Crippen LogP contribution in [0.3, 0.4) is 0 Å². The minimum atomic E-state index is -0.838. The normalized spacial score (nSPS) is 32.2. The van der Waals surface area contributed by atoms with Crippen molar-refractivity contribution in [2.75, 3.05) is 19.6 Å². The predicted octanol–water partition coefficient (Wildman–Crippen LogP) is -0.308. The van der Waals surface area contributed by atoms with Crippen molar-refractivity contribution < 1.29 is 19.5 Å². The summed E-state index contributed by atoms with van der Waals surface area (Å²) in [6, 6.07) is 0. The van der Waals surface area contributed by atoms with E-state index in [4.69, 9.17) is 5.11 Å². The summed E-state index contributed by atoms with van der Waals surface area (Å²) >= 11 is 0. The molecule has 0 aromatic carbocycles. The first-order valence-corrected chi connectivity index (χ1v) is 6.27. The van der Waals surface area contributed by atoms with Gasteiger partial charge in [-0.2, -0.15) is 0 Å². The van der Waals surface area contributed by atoms with E-state index in [9.17, 15) is 14.4 Å². The Morgan fingerprint density at radius 1 is 1.39 bits per heavy atom. The van der Waals surface area contributed by atoms with E-state index in [0.29, 0.717) is 32.5 Å². The van der Waals surface area contributed by atoms with Crippen molar-refractivity contribution in [1.29, 1.82) is 0 Å². The third-order valence-corrected chi connectivity index (χ3v) is 3.86. The summed E-state index contributed by atoms with van der Waals surface area (Å²) in [5.74, 6) is -1.54. The summed E-state index contributed by atoms with van der Waals surface area (Å²) in [6.45, 7) is 3.02. The molecule has 2 fully saturated rings. The van der Waals surface area contributed by atoms with E-state index in [2.05, 4.69) is 5.32 Å². The number of hydrogen-bond donors (Lipinski definition) is 2. The van der Waals surface area contributed by atoms with Gasteiger partial charge in [-0.25, -0.2) is 0 Å². The quantitative estimate of drug-likeness (QED) is 0.708. The van der Waals surface area contributed by atoms with Crippen molar-refractivity contribution in [3.8, 4) is 0 Å². The van der Waals surface area contributed by atoms with E-state index in [1.54, 1.807) is 4.90 Å². The molecule has 2 N–H and O–H groups in total. The topological polar surface area (TPSA) is 86.7 Å². The molecule has 0 bridgehead atoms. The van der Waals surface area contributed by atoms with Crippen LogP contribution in [0, 0.1) is 17.8 Å². The second kappa shape index (κ2) is 4.96. The van der Waals surface area contributed by atoms with Gasteiger partial charge in [0.05, 0.1) is 11.8 Å². The Balaban J connectivity index is 1.94. The molecule has 0 aromatic rings. The number of likely N-dealkylation sites (tertiary alicyclic amines) is 1. The monoisotopic (exact) mass is 254 g/mol. The van der Waals surface area contributed by atoms with E-state index in [1.165, 1.54) is 0 Å². The van der Waals surface area contributed by atoms with Gasteiger partial charge in [-0.3, -0.25) is 14.4 Å². The van der Waals surface area contributed by atoms with Crippen molar-refractivity contribution in [3.05, 3.63) is 0 Å². The highest BCUT2D eigenvalue weighted by Gasteiger charge is 2.39. The molecule has 2 saturated heterocycles. The fourth-order valence-corrected chi connectivity index (χ4v) is 2.67. The number of aliphatic carboxylic acids is 1. The molecule has 0 aliphatic carbocycles. The van der Waals surface area contributed by atoms with Gasteiger partial charge in [0.1, 0.15) is 0 Å². The zero-order chi connectivity index (χ0) is 13.3. The average Bonchev–Trinajstić information content (AvgIpc) is 2.71. The molecule has 6 nitrogen and oxygen atoms in total. The summed E-state index contributed by atoms with van der Waals surface area (Å²) in [6.07, 6.45) is 0.940. The van der Waals surface area contributed by atoms with Crippen molar-refractivity contribution in [3.63, 3.8) is 0 Å².